The third-order valence-corrected chi connectivity index (χ3v) is 7.91. The van der Waals surface area contributed by atoms with Crippen LogP contribution in [-0.4, -0.2) is 58.1 Å². The third kappa shape index (κ3) is 5.07. The van der Waals surface area contributed by atoms with E-state index in [-0.39, 0.29) is 5.91 Å². The Kier molecular flexibility index (Phi) is 6.93. The third-order valence-electron chi connectivity index (χ3n) is 7.30. The molecule has 0 bridgehead atoms. The molecule has 4 heterocycles. The molecule has 0 aliphatic carbocycles. The molecule has 0 spiro atoms. The number of fused-ring (bicyclic) bond motifs is 1. The zero-order valence-electron chi connectivity index (χ0n) is 21.3. The quantitative estimate of drug-likeness (QED) is 0.334. The van der Waals surface area contributed by atoms with Crippen LogP contribution in [0.3, 0.4) is 0 Å². The molecule has 0 saturated carbocycles. The normalized spacial score (nSPS) is 17.9. The van der Waals surface area contributed by atoms with Gasteiger partial charge in [0, 0.05) is 47.9 Å². The van der Waals surface area contributed by atoms with Crippen molar-refractivity contribution in [3.63, 3.8) is 0 Å². The van der Waals surface area contributed by atoms with Crippen molar-refractivity contribution in [2.45, 2.75) is 24.9 Å². The number of aromatic nitrogens is 2. The van der Waals surface area contributed by atoms with Gasteiger partial charge in [0.1, 0.15) is 5.69 Å². The molecular weight excluding hydrogens is 532 g/mol. The summed E-state index contributed by atoms with van der Waals surface area (Å²) in [6.45, 7) is 1.51. The maximum atomic E-state index is 13.6. The molecule has 1 amide bonds. The van der Waals surface area contributed by atoms with Crippen molar-refractivity contribution < 1.29 is 9.21 Å². The lowest BCUT2D eigenvalue weighted by atomic mass is 9.93. The van der Waals surface area contributed by atoms with Crippen molar-refractivity contribution in [2.24, 2.45) is 4.99 Å². The molecule has 2 aromatic carbocycles. The average molecular weight is 559 g/mol. The highest BCUT2D eigenvalue weighted by atomic mass is 35.5. The van der Waals surface area contributed by atoms with Gasteiger partial charge in [-0.15, -0.1) is 0 Å². The molecule has 6 rings (SSSR count). The molecule has 198 valence electrons. The number of amides is 1. The Hall–Kier alpha value is -3.95. The lowest BCUT2D eigenvalue weighted by Gasteiger charge is -2.34. The fraction of sp³-hybridized carbons (Fsp3) is 0.241. The summed E-state index contributed by atoms with van der Waals surface area (Å²) in [7, 11) is 1.75. The van der Waals surface area contributed by atoms with E-state index in [2.05, 4.69) is 26.5 Å². The lowest BCUT2D eigenvalue weighted by molar-refractivity contribution is -0.119. The summed E-state index contributed by atoms with van der Waals surface area (Å²) < 4.78 is 5.46. The van der Waals surface area contributed by atoms with Gasteiger partial charge in [-0.1, -0.05) is 41.9 Å². The second-order valence-corrected chi connectivity index (χ2v) is 10.5. The molecule has 1 atom stereocenters. The van der Waals surface area contributed by atoms with E-state index in [1.807, 2.05) is 54.6 Å². The molecule has 2 aliphatic heterocycles. The number of H-pyrrole nitrogens is 1. The Bertz CT molecular complexity index is 1530. The van der Waals surface area contributed by atoms with Gasteiger partial charge in [0.05, 0.1) is 17.7 Å². The number of benzene rings is 2. The van der Waals surface area contributed by atoms with Gasteiger partial charge < -0.3 is 19.5 Å². The first-order chi connectivity index (χ1) is 19.0. The summed E-state index contributed by atoms with van der Waals surface area (Å²) >= 11 is 12.1. The number of rotatable bonds is 4. The first kappa shape index (κ1) is 25.3. The second kappa shape index (κ2) is 10.7. The van der Waals surface area contributed by atoms with Crippen molar-refractivity contribution in [1.82, 2.24) is 20.4 Å². The Balaban J connectivity index is 1.19. The molecule has 2 N–H and O–H groups in total. The maximum absolute atomic E-state index is 13.6. The fourth-order valence-electron chi connectivity index (χ4n) is 5.16. The molecule has 39 heavy (non-hydrogen) atoms. The second-order valence-electron chi connectivity index (χ2n) is 9.70. The summed E-state index contributed by atoms with van der Waals surface area (Å²) in [5.74, 6) is 0.899. The number of piperidine rings is 1. The van der Waals surface area contributed by atoms with Crippen LogP contribution in [0.4, 0.5) is 5.69 Å². The van der Waals surface area contributed by atoms with Crippen molar-refractivity contribution in [3.8, 4) is 11.5 Å². The SMILES string of the molecule is CN1C(=O)C(NC(=S)N2CCC(c3cc(-c4ccco4)n[nH]3)CC2)N=C(c2ccccc2)c2cc(Cl)ccc21. The van der Waals surface area contributed by atoms with Crippen molar-refractivity contribution in [3.05, 3.63) is 94.8 Å². The van der Waals surface area contributed by atoms with Crippen molar-refractivity contribution in [2.75, 3.05) is 25.0 Å². The number of carbonyl (C=O) groups excluding carboxylic acids is 1. The molecule has 2 aliphatic rings. The van der Waals surface area contributed by atoms with Gasteiger partial charge in [0.15, 0.2) is 10.9 Å². The number of hydrogen-bond acceptors (Lipinski definition) is 5. The topological polar surface area (TPSA) is 89.8 Å². The van der Waals surface area contributed by atoms with Gasteiger partial charge in [-0.2, -0.15) is 5.10 Å². The van der Waals surface area contributed by atoms with E-state index in [0.29, 0.717) is 21.8 Å². The van der Waals surface area contributed by atoms with Gasteiger partial charge in [0.25, 0.3) is 5.91 Å². The number of furan rings is 1. The molecule has 2 aromatic heterocycles. The van der Waals surface area contributed by atoms with E-state index in [9.17, 15) is 4.79 Å². The number of halogens is 1. The number of aliphatic imine (C=N–C) groups is 1. The van der Waals surface area contributed by atoms with Crippen LogP contribution in [-0.2, 0) is 4.79 Å². The molecular formula is C29H27ClN6O2S. The van der Waals surface area contributed by atoms with Crippen LogP contribution < -0.4 is 10.2 Å². The Morgan fingerprint density at radius 3 is 2.64 bits per heavy atom. The standard InChI is InChI=1S/C29H27ClN6O2S/c1-35-24-10-9-20(30)16-21(24)26(19-6-3-2-4-7-19)31-27(28(35)37)32-29(39)36-13-11-18(12-14-36)22-17-23(34-33-22)25-8-5-15-38-25/h2-10,15-18,27H,11-14H2,1H3,(H,32,39)(H,33,34). The first-order valence-corrected chi connectivity index (χ1v) is 13.6. The molecule has 10 heteroatoms. The molecule has 8 nitrogen and oxygen atoms in total. The van der Waals surface area contributed by atoms with Crippen LogP contribution in [0.2, 0.25) is 5.02 Å². The number of benzodiazepines with no additional fused rings is 1. The summed E-state index contributed by atoms with van der Waals surface area (Å²) in [5.41, 5.74) is 5.03. The Labute approximate surface area is 236 Å². The highest BCUT2D eigenvalue weighted by Crippen LogP contribution is 2.31. The molecule has 1 saturated heterocycles. The van der Waals surface area contributed by atoms with E-state index in [1.165, 1.54) is 0 Å². The number of thiocarbonyl (C=S) groups is 1. The molecule has 0 radical (unpaired) electrons. The van der Waals surface area contributed by atoms with E-state index in [0.717, 1.165) is 59.9 Å². The molecule has 1 unspecified atom stereocenters. The smallest absolute Gasteiger partial charge is 0.272 e. The van der Waals surface area contributed by atoms with E-state index in [4.69, 9.17) is 33.2 Å². The minimum Gasteiger partial charge on any atom is -0.463 e. The first-order valence-electron chi connectivity index (χ1n) is 12.8. The van der Waals surface area contributed by atoms with Crippen molar-refractivity contribution in [1.29, 1.82) is 0 Å². The maximum Gasteiger partial charge on any atom is 0.272 e. The van der Waals surface area contributed by atoms with Crippen LogP contribution >= 0.6 is 23.8 Å². The highest BCUT2D eigenvalue weighted by Gasteiger charge is 2.32. The average Bonchev–Trinajstić information content (AvgIpc) is 3.66. The minimum atomic E-state index is -0.870. The van der Waals surface area contributed by atoms with Gasteiger partial charge in [0.2, 0.25) is 6.17 Å². The van der Waals surface area contributed by atoms with Crippen LogP contribution in [0.5, 0.6) is 0 Å². The number of carbonyl (C=O) groups is 1. The lowest BCUT2D eigenvalue weighted by Crippen LogP contribution is -2.52. The summed E-state index contributed by atoms with van der Waals surface area (Å²) in [6, 6.07) is 21.1. The number of nitrogens with one attached hydrogen (secondary N) is 2. The number of aromatic amines is 1. The number of hydrogen-bond donors (Lipinski definition) is 2. The Morgan fingerprint density at radius 1 is 1.10 bits per heavy atom. The van der Waals surface area contributed by atoms with Crippen LogP contribution in [0.25, 0.3) is 11.5 Å². The zero-order chi connectivity index (χ0) is 26.9. The van der Waals surface area contributed by atoms with Crippen LogP contribution in [0, 0.1) is 0 Å². The molecule has 4 aromatic rings. The number of nitrogens with zero attached hydrogens (tertiary/aromatic N) is 4. The highest BCUT2D eigenvalue weighted by molar-refractivity contribution is 7.80. The van der Waals surface area contributed by atoms with Crippen molar-refractivity contribution >= 4 is 46.2 Å². The van der Waals surface area contributed by atoms with E-state index in [1.54, 1.807) is 24.3 Å². The largest absolute Gasteiger partial charge is 0.463 e. The van der Waals surface area contributed by atoms with E-state index >= 15 is 0 Å². The fourth-order valence-corrected chi connectivity index (χ4v) is 5.63. The van der Waals surface area contributed by atoms with Crippen LogP contribution in [0.15, 0.2) is 82.4 Å². The summed E-state index contributed by atoms with van der Waals surface area (Å²) in [6.07, 6.45) is 2.59. The summed E-state index contributed by atoms with van der Waals surface area (Å²) in [4.78, 5) is 22.2. The summed E-state index contributed by atoms with van der Waals surface area (Å²) in [5, 5.41) is 11.9. The van der Waals surface area contributed by atoms with Gasteiger partial charge in [-0.25, -0.2) is 4.99 Å². The molecule has 1 fully saturated rings. The monoisotopic (exact) mass is 558 g/mol. The number of likely N-dealkylation sites (tertiary alicyclic amines) is 1. The van der Waals surface area contributed by atoms with Gasteiger partial charge in [-0.3, -0.25) is 9.89 Å². The van der Waals surface area contributed by atoms with Crippen LogP contribution in [0.1, 0.15) is 35.6 Å². The predicted octanol–water partition coefficient (Wildman–Crippen LogP) is 5.22. The van der Waals surface area contributed by atoms with Gasteiger partial charge >= 0.3 is 0 Å². The number of likely N-dealkylation sites (N-methyl/N-ethyl adjacent to an activating group) is 1. The Morgan fingerprint density at radius 2 is 1.90 bits per heavy atom. The van der Waals surface area contributed by atoms with E-state index < -0.39 is 6.17 Å². The van der Waals surface area contributed by atoms with Gasteiger partial charge in [-0.05, 0) is 61.5 Å². The minimum absolute atomic E-state index is 0.190. The number of anilines is 1. The predicted molar refractivity (Wildman–Crippen MR) is 156 cm³/mol. The zero-order valence-corrected chi connectivity index (χ0v) is 22.9.